The molecule has 0 fully saturated rings. The van der Waals surface area contributed by atoms with Gasteiger partial charge < -0.3 is 10.2 Å². The molecule has 0 aliphatic rings. The van der Waals surface area contributed by atoms with Gasteiger partial charge in [0.1, 0.15) is 6.04 Å². The molecule has 4 nitrogen and oxygen atoms in total. The van der Waals surface area contributed by atoms with Gasteiger partial charge in [0.15, 0.2) is 0 Å². The van der Waals surface area contributed by atoms with Crippen molar-refractivity contribution in [3.05, 3.63) is 34.9 Å². The van der Waals surface area contributed by atoms with Crippen molar-refractivity contribution in [3.63, 3.8) is 0 Å². The molecule has 1 N–H and O–H groups in total. The summed E-state index contributed by atoms with van der Waals surface area (Å²) in [4.78, 5) is 26.0. The zero-order valence-corrected chi connectivity index (χ0v) is 13.6. The summed E-state index contributed by atoms with van der Waals surface area (Å²) in [6, 6.07) is 6.93. The number of amides is 2. The predicted molar refractivity (Wildman–Crippen MR) is 85.1 cm³/mol. The molecule has 0 aromatic heterocycles. The van der Waals surface area contributed by atoms with Crippen LogP contribution in [0.4, 0.5) is 0 Å². The first-order chi connectivity index (χ1) is 10.0. The molecule has 1 aromatic carbocycles. The molecule has 0 heterocycles. The van der Waals surface area contributed by atoms with E-state index in [9.17, 15) is 9.59 Å². The van der Waals surface area contributed by atoms with Gasteiger partial charge in [0.25, 0.3) is 0 Å². The normalized spacial score (nSPS) is 11.8. The Morgan fingerprint density at radius 2 is 1.90 bits per heavy atom. The third-order valence-electron chi connectivity index (χ3n) is 3.34. The first-order valence-electron chi connectivity index (χ1n) is 7.35. The SMILES string of the molecule is CCNC(=O)[C@H](CC)N(Cc1ccccc1Cl)C(=O)CC. The molecule has 5 heteroatoms. The maximum absolute atomic E-state index is 12.2. The van der Waals surface area contributed by atoms with E-state index in [0.717, 1.165) is 5.56 Å². The lowest BCUT2D eigenvalue weighted by molar-refractivity contribution is -0.141. The number of nitrogens with zero attached hydrogens (tertiary/aromatic N) is 1. The van der Waals surface area contributed by atoms with Crippen LogP contribution in [0.5, 0.6) is 0 Å². The largest absolute Gasteiger partial charge is 0.355 e. The molecular weight excluding hydrogens is 288 g/mol. The van der Waals surface area contributed by atoms with Crippen LogP contribution in [0.3, 0.4) is 0 Å². The van der Waals surface area contributed by atoms with Crippen LogP contribution in [-0.4, -0.2) is 29.3 Å². The first-order valence-corrected chi connectivity index (χ1v) is 7.73. The minimum Gasteiger partial charge on any atom is -0.355 e. The van der Waals surface area contributed by atoms with E-state index in [1.165, 1.54) is 0 Å². The highest BCUT2D eigenvalue weighted by molar-refractivity contribution is 6.31. The second kappa shape index (κ2) is 8.67. The average Bonchev–Trinajstić information content (AvgIpc) is 2.48. The fourth-order valence-electron chi connectivity index (χ4n) is 2.22. The molecule has 1 rings (SSSR count). The summed E-state index contributed by atoms with van der Waals surface area (Å²) in [6.07, 6.45) is 0.933. The smallest absolute Gasteiger partial charge is 0.242 e. The highest BCUT2D eigenvalue weighted by Crippen LogP contribution is 2.20. The van der Waals surface area contributed by atoms with E-state index >= 15 is 0 Å². The second-order valence-electron chi connectivity index (χ2n) is 4.79. The van der Waals surface area contributed by atoms with Crippen LogP contribution < -0.4 is 5.32 Å². The van der Waals surface area contributed by atoms with Gasteiger partial charge in [0, 0.05) is 24.5 Å². The van der Waals surface area contributed by atoms with Crippen molar-refractivity contribution in [1.29, 1.82) is 0 Å². The lowest BCUT2D eigenvalue weighted by Gasteiger charge is -2.30. The highest BCUT2D eigenvalue weighted by atomic mass is 35.5. The molecule has 1 atom stereocenters. The monoisotopic (exact) mass is 310 g/mol. The molecule has 0 saturated carbocycles. The van der Waals surface area contributed by atoms with Gasteiger partial charge in [-0.2, -0.15) is 0 Å². The summed E-state index contributed by atoms with van der Waals surface area (Å²) in [6.45, 7) is 6.47. The Morgan fingerprint density at radius 1 is 1.24 bits per heavy atom. The topological polar surface area (TPSA) is 49.4 Å². The lowest BCUT2D eigenvalue weighted by Crippen LogP contribution is -2.48. The molecule has 0 spiro atoms. The van der Waals surface area contributed by atoms with Crippen LogP contribution in [0, 0.1) is 0 Å². The van der Waals surface area contributed by atoms with Crippen molar-refractivity contribution in [2.45, 2.75) is 46.2 Å². The third kappa shape index (κ3) is 4.74. The van der Waals surface area contributed by atoms with Crippen molar-refractivity contribution >= 4 is 23.4 Å². The minimum atomic E-state index is -0.464. The number of carbonyl (C=O) groups excluding carboxylic acids is 2. The predicted octanol–water partition coefficient (Wildman–Crippen LogP) is 2.99. The molecule has 21 heavy (non-hydrogen) atoms. The van der Waals surface area contributed by atoms with Crippen molar-refractivity contribution in [1.82, 2.24) is 10.2 Å². The summed E-state index contributed by atoms with van der Waals surface area (Å²) in [5.74, 6) is -0.165. The molecule has 1 aromatic rings. The molecule has 2 amide bonds. The van der Waals surface area contributed by atoms with Gasteiger partial charge in [-0.3, -0.25) is 9.59 Å². The van der Waals surface area contributed by atoms with Crippen LogP contribution >= 0.6 is 11.6 Å². The first kappa shape index (κ1) is 17.5. The van der Waals surface area contributed by atoms with Crippen molar-refractivity contribution < 1.29 is 9.59 Å². The van der Waals surface area contributed by atoms with Gasteiger partial charge in [-0.1, -0.05) is 43.6 Å². The maximum Gasteiger partial charge on any atom is 0.242 e. The van der Waals surface area contributed by atoms with E-state index in [2.05, 4.69) is 5.32 Å². The number of benzene rings is 1. The third-order valence-corrected chi connectivity index (χ3v) is 3.71. The Morgan fingerprint density at radius 3 is 2.43 bits per heavy atom. The van der Waals surface area contributed by atoms with Gasteiger partial charge in [0.05, 0.1) is 0 Å². The zero-order valence-electron chi connectivity index (χ0n) is 12.9. The number of hydrogen-bond acceptors (Lipinski definition) is 2. The standard InChI is InChI=1S/C16H23ClN2O2/c1-4-14(16(21)18-6-3)19(15(20)5-2)11-12-9-7-8-10-13(12)17/h7-10,14H,4-6,11H2,1-3H3,(H,18,21)/t14-/m0/s1. The Balaban J connectivity index is 3.02. The number of rotatable bonds is 7. The number of nitrogens with one attached hydrogen (secondary N) is 1. The summed E-state index contributed by atoms with van der Waals surface area (Å²) < 4.78 is 0. The summed E-state index contributed by atoms with van der Waals surface area (Å²) >= 11 is 6.17. The van der Waals surface area contributed by atoms with Crippen LogP contribution in [0.2, 0.25) is 5.02 Å². The van der Waals surface area contributed by atoms with Crippen molar-refractivity contribution in [2.24, 2.45) is 0 Å². The van der Waals surface area contributed by atoms with E-state index in [-0.39, 0.29) is 11.8 Å². The molecular formula is C16H23ClN2O2. The van der Waals surface area contributed by atoms with Gasteiger partial charge >= 0.3 is 0 Å². The van der Waals surface area contributed by atoms with Crippen LogP contribution in [0.25, 0.3) is 0 Å². The van der Waals surface area contributed by atoms with Gasteiger partial charge in [0.2, 0.25) is 11.8 Å². The Kier molecular flexibility index (Phi) is 7.23. The van der Waals surface area contributed by atoms with Crippen LogP contribution in [0.1, 0.15) is 39.2 Å². The molecule has 0 aliphatic carbocycles. The van der Waals surface area contributed by atoms with Gasteiger partial charge in [-0.25, -0.2) is 0 Å². The van der Waals surface area contributed by atoms with Gasteiger partial charge in [-0.05, 0) is 25.0 Å². The number of halogens is 1. The van der Waals surface area contributed by atoms with E-state index in [0.29, 0.717) is 31.0 Å². The van der Waals surface area contributed by atoms with Crippen LogP contribution in [0.15, 0.2) is 24.3 Å². The Labute approximate surface area is 131 Å². The summed E-state index contributed by atoms with van der Waals surface area (Å²) in [5.41, 5.74) is 0.851. The van der Waals surface area contributed by atoms with E-state index in [4.69, 9.17) is 11.6 Å². The average molecular weight is 311 g/mol. The van der Waals surface area contributed by atoms with Crippen LogP contribution in [-0.2, 0) is 16.1 Å². The number of carbonyl (C=O) groups is 2. The van der Waals surface area contributed by atoms with Crippen molar-refractivity contribution in [3.8, 4) is 0 Å². The highest BCUT2D eigenvalue weighted by Gasteiger charge is 2.27. The molecule has 0 aliphatic heterocycles. The van der Waals surface area contributed by atoms with Gasteiger partial charge in [-0.15, -0.1) is 0 Å². The Hall–Kier alpha value is -1.55. The minimum absolute atomic E-state index is 0.0481. The molecule has 0 bridgehead atoms. The van der Waals surface area contributed by atoms with Crippen molar-refractivity contribution in [2.75, 3.05) is 6.54 Å². The second-order valence-corrected chi connectivity index (χ2v) is 5.19. The number of likely N-dealkylation sites (N-methyl/N-ethyl adjacent to an activating group) is 1. The summed E-state index contributed by atoms with van der Waals surface area (Å²) in [5, 5.41) is 3.40. The number of hydrogen-bond donors (Lipinski definition) is 1. The molecule has 0 saturated heterocycles. The zero-order chi connectivity index (χ0) is 15.8. The maximum atomic E-state index is 12.2. The fourth-order valence-corrected chi connectivity index (χ4v) is 2.42. The quantitative estimate of drug-likeness (QED) is 0.841. The van der Waals surface area contributed by atoms with E-state index < -0.39 is 6.04 Å². The Bertz CT molecular complexity index is 491. The molecule has 0 radical (unpaired) electrons. The fraction of sp³-hybridized carbons (Fsp3) is 0.500. The summed E-state index contributed by atoms with van der Waals surface area (Å²) in [7, 11) is 0. The lowest BCUT2D eigenvalue weighted by atomic mass is 10.1. The van der Waals surface area contributed by atoms with E-state index in [1.807, 2.05) is 32.0 Å². The molecule has 116 valence electrons. The van der Waals surface area contributed by atoms with E-state index in [1.54, 1.807) is 17.9 Å². The molecule has 0 unspecified atom stereocenters.